The van der Waals surface area contributed by atoms with Gasteiger partial charge >= 0.3 is 6.03 Å². The van der Waals surface area contributed by atoms with E-state index in [2.05, 4.69) is 16.0 Å². The molecule has 8 nitrogen and oxygen atoms in total. The van der Waals surface area contributed by atoms with Crippen LogP contribution in [0, 0.1) is 11.3 Å². The Morgan fingerprint density at radius 2 is 1.78 bits per heavy atom. The molecular formula is C27H33ClN4O4. The first-order chi connectivity index (χ1) is 17.6. The first-order valence-electron chi connectivity index (χ1n) is 12.0. The Labute approximate surface area is 217 Å². The lowest BCUT2D eigenvalue weighted by atomic mass is 10.1. The summed E-state index contributed by atoms with van der Waals surface area (Å²) in [6.07, 6.45) is 0.766. The van der Waals surface area contributed by atoms with Crippen molar-refractivity contribution in [1.82, 2.24) is 9.47 Å². The first-order valence-corrected chi connectivity index (χ1v) is 12.5. The number of urea groups is 1. The van der Waals surface area contributed by atoms with E-state index >= 15 is 0 Å². The number of nitrogens with one attached hydrogen (secondary N) is 1. The minimum Gasteiger partial charge on any atom is -0.493 e. The number of methoxy groups -OCH3 is 2. The van der Waals surface area contributed by atoms with Crippen molar-refractivity contribution in [2.45, 2.75) is 19.9 Å². The van der Waals surface area contributed by atoms with Crippen LogP contribution >= 0.6 is 11.6 Å². The van der Waals surface area contributed by atoms with Gasteiger partial charge < -0.3 is 29.0 Å². The van der Waals surface area contributed by atoms with E-state index < -0.39 is 0 Å². The van der Waals surface area contributed by atoms with Crippen molar-refractivity contribution in [3.05, 3.63) is 48.0 Å². The predicted octanol–water partition coefficient (Wildman–Crippen LogP) is 5.33. The number of aromatic nitrogens is 1. The summed E-state index contributed by atoms with van der Waals surface area (Å²) in [6.45, 7) is 5.08. The Bertz CT molecular complexity index is 1180. The van der Waals surface area contributed by atoms with E-state index in [4.69, 9.17) is 25.8 Å². The number of ether oxygens (including phenoxy) is 3. The molecule has 3 aromatic rings. The van der Waals surface area contributed by atoms with Crippen molar-refractivity contribution in [2.24, 2.45) is 0 Å². The number of rotatable bonds is 13. The Balaban J connectivity index is 1.87. The van der Waals surface area contributed by atoms with Crippen LogP contribution in [0.5, 0.6) is 5.75 Å². The Morgan fingerprint density at radius 1 is 1.08 bits per heavy atom. The summed E-state index contributed by atoms with van der Waals surface area (Å²) in [5, 5.41) is 13.8. The molecule has 1 aromatic heterocycles. The second-order valence-corrected chi connectivity index (χ2v) is 8.51. The summed E-state index contributed by atoms with van der Waals surface area (Å²) >= 11 is 5.76. The molecule has 2 aromatic carbocycles. The maximum absolute atomic E-state index is 12.8. The number of carbonyl (C=O) groups excluding carboxylic acids is 1. The number of nitrogens with zero attached hydrogens (tertiary/aromatic N) is 3. The first kappa shape index (κ1) is 27.3. The number of benzene rings is 2. The standard InChI is InChI=1S/C27H33ClN4O4/c1-4-32-25-18-22(36-15-5-12-28)10-11-23(25)24(19-29)26(32)20-6-8-21(9-7-20)30-27(33)31(13-16-34-2)14-17-35-3/h6-11,18H,4-5,12-17H2,1-3H3,(H,30,33). The highest BCUT2D eigenvalue weighted by molar-refractivity contribution is 6.17. The van der Waals surface area contributed by atoms with E-state index in [0.717, 1.165) is 34.3 Å². The third kappa shape index (κ3) is 6.49. The number of carbonyl (C=O) groups is 1. The summed E-state index contributed by atoms with van der Waals surface area (Å²) in [5.41, 5.74) is 3.95. The molecule has 2 amide bonds. The molecule has 0 aliphatic heterocycles. The lowest BCUT2D eigenvalue weighted by Crippen LogP contribution is -2.39. The maximum atomic E-state index is 12.8. The van der Waals surface area contributed by atoms with Crippen LogP contribution < -0.4 is 10.1 Å². The van der Waals surface area contributed by atoms with Gasteiger partial charge in [-0.05, 0) is 43.2 Å². The molecule has 0 atom stereocenters. The van der Waals surface area contributed by atoms with Gasteiger partial charge in [-0.15, -0.1) is 11.6 Å². The molecule has 9 heteroatoms. The summed E-state index contributed by atoms with van der Waals surface area (Å²) in [4.78, 5) is 14.4. The third-order valence-electron chi connectivity index (χ3n) is 5.84. The van der Waals surface area contributed by atoms with Crippen molar-refractivity contribution < 1.29 is 19.0 Å². The van der Waals surface area contributed by atoms with Crippen LogP contribution in [0.15, 0.2) is 42.5 Å². The molecule has 1 N–H and O–H groups in total. The minimum atomic E-state index is -0.223. The fourth-order valence-electron chi connectivity index (χ4n) is 4.04. The third-order valence-corrected chi connectivity index (χ3v) is 6.11. The summed E-state index contributed by atoms with van der Waals surface area (Å²) in [7, 11) is 3.21. The van der Waals surface area contributed by atoms with Gasteiger partial charge in [-0.1, -0.05) is 12.1 Å². The summed E-state index contributed by atoms with van der Waals surface area (Å²) < 4.78 is 18.2. The molecular weight excluding hydrogens is 480 g/mol. The Morgan fingerprint density at radius 3 is 2.36 bits per heavy atom. The fraction of sp³-hybridized carbons (Fsp3) is 0.407. The van der Waals surface area contributed by atoms with Crippen LogP contribution in [0.25, 0.3) is 22.2 Å². The molecule has 1 heterocycles. The highest BCUT2D eigenvalue weighted by atomic mass is 35.5. The molecule has 3 rings (SSSR count). The SMILES string of the molecule is CCn1c(-c2ccc(NC(=O)N(CCOC)CCOC)cc2)c(C#N)c2ccc(OCCCCl)cc21. The lowest BCUT2D eigenvalue weighted by molar-refractivity contribution is 0.127. The van der Waals surface area contributed by atoms with Crippen LogP contribution in [0.3, 0.4) is 0 Å². The number of aryl methyl sites for hydroxylation is 1. The minimum absolute atomic E-state index is 0.223. The van der Waals surface area contributed by atoms with E-state index in [1.165, 1.54) is 0 Å². The topological polar surface area (TPSA) is 88.8 Å². The second kappa shape index (κ2) is 13.7. The number of halogens is 1. The predicted molar refractivity (Wildman–Crippen MR) is 143 cm³/mol. The van der Waals surface area contributed by atoms with Gasteiger partial charge in [-0.2, -0.15) is 5.26 Å². The van der Waals surface area contributed by atoms with Crippen LogP contribution in [-0.2, 0) is 16.0 Å². The van der Waals surface area contributed by atoms with Gasteiger partial charge in [0.15, 0.2) is 0 Å². The van der Waals surface area contributed by atoms with Crippen LogP contribution in [0.1, 0.15) is 18.9 Å². The molecule has 192 valence electrons. The molecule has 0 saturated carbocycles. The molecule has 0 spiro atoms. The molecule has 0 aliphatic rings. The van der Waals surface area contributed by atoms with E-state index in [-0.39, 0.29) is 6.03 Å². The average molecular weight is 513 g/mol. The zero-order chi connectivity index (χ0) is 25.9. The molecule has 0 unspecified atom stereocenters. The number of nitriles is 1. The van der Waals surface area contributed by atoms with Crippen molar-refractivity contribution in [1.29, 1.82) is 5.26 Å². The van der Waals surface area contributed by atoms with Gasteiger partial charge in [0, 0.05) is 56.9 Å². The fourth-order valence-corrected chi connectivity index (χ4v) is 4.15. The normalized spacial score (nSPS) is 10.9. The number of hydrogen-bond donors (Lipinski definition) is 1. The molecule has 0 aliphatic carbocycles. The second-order valence-electron chi connectivity index (χ2n) is 8.13. The molecule has 0 fully saturated rings. The van der Waals surface area contributed by atoms with Crippen molar-refractivity contribution >= 4 is 34.2 Å². The summed E-state index contributed by atoms with van der Waals surface area (Å²) in [6, 6.07) is 15.5. The quantitative estimate of drug-likeness (QED) is 0.247. The van der Waals surface area contributed by atoms with Gasteiger partial charge in [0.25, 0.3) is 0 Å². The van der Waals surface area contributed by atoms with Gasteiger partial charge in [-0.3, -0.25) is 0 Å². The number of fused-ring (bicyclic) bond motifs is 1. The van der Waals surface area contributed by atoms with E-state index in [1.54, 1.807) is 19.1 Å². The van der Waals surface area contributed by atoms with Gasteiger partial charge in [-0.25, -0.2) is 4.79 Å². The van der Waals surface area contributed by atoms with Gasteiger partial charge in [0.1, 0.15) is 11.8 Å². The maximum Gasteiger partial charge on any atom is 0.321 e. The summed E-state index contributed by atoms with van der Waals surface area (Å²) in [5.74, 6) is 1.30. The Hall–Kier alpha value is -3.25. The number of hydrogen-bond acceptors (Lipinski definition) is 5. The monoisotopic (exact) mass is 512 g/mol. The highest BCUT2D eigenvalue weighted by Crippen LogP contribution is 2.35. The van der Waals surface area contributed by atoms with Crippen LogP contribution in [0.2, 0.25) is 0 Å². The largest absolute Gasteiger partial charge is 0.493 e. The van der Waals surface area contributed by atoms with E-state index in [0.29, 0.717) is 56.6 Å². The van der Waals surface area contributed by atoms with Gasteiger partial charge in [0.2, 0.25) is 0 Å². The van der Waals surface area contributed by atoms with Crippen LogP contribution in [0.4, 0.5) is 10.5 Å². The number of amides is 2. The average Bonchev–Trinajstić information content (AvgIpc) is 3.22. The molecule has 0 bridgehead atoms. The Kier molecular flexibility index (Phi) is 10.4. The highest BCUT2D eigenvalue weighted by Gasteiger charge is 2.19. The zero-order valence-electron chi connectivity index (χ0n) is 21.1. The molecule has 36 heavy (non-hydrogen) atoms. The van der Waals surface area contributed by atoms with E-state index in [9.17, 15) is 10.1 Å². The van der Waals surface area contributed by atoms with Crippen molar-refractivity contribution in [3.63, 3.8) is 0 Å². The van der Waals surface area contributed by atoms with E-state index in [1.807, 2.05) is 49.4 Å². The smallest absolute Gasteiger partial charge is 0.321 e. The van der Waals surface area contributed by atoms with Crippen LogP contribution in [-0.4, -0.2) is 68.5 Å². The van der Waals surface area contributed by atoms with Crippen molar-refractivity contribution in [3.8, 4) is 23.1 Å². The lowest BCUT2D eigenvalue weighted by Gasteiger charge is -2.22. The van der Waals surface area contributed by atoms with Crippen molar-refractivity contribution in [2.75, 3.05) is 58.3 Å². The zero-order valence-corrected chi connectivity index (χ0v) is 21.8. The molecule has 0 radical (unpaired) electrons. The molecule has 0 saturated heterocycles. The van der Waals surface area contributed by atoms with Gasteiger partial charge in [0.05, 0.1) is 36.6 Å². The number of alkyl halides is 1. The number of anilines is 1.